The first-order chi connectivity index (χ1) is 8.92. The first-order valence-electron chi connectivity index (χ1n) is 7.51. The van der Waals surface area contributed by atoms with E-state index in [-0.39, 0.29) is 0 Å². The van der Waals surface area contributed by atoms with E-state index < -0.39 is 0 Å². The van der Waals surface area contributed by atoms with Gasteiger partial charge >= 0.3 is 0 Å². The van der Waals surface area contributed by atoms with Gasteiger partial charge in [-0.15, -0.1) is 0 Å². The standard InChI is InChI=1S/C17H19N/c1-2-6-18-15(3-1)13-8-12-9-14(13)17-11-5-4-10(7-11)16(12)17/h1-6,10-14,16-17H,7-9H2. The smallest absolute Gasteiger partial charge is 0.0437 e. The predicted octanol–water partition coefficient (Wildman–Crippen LogP) is 3.64. The normalized spacial score (nSPS) is 51.0. The summed E-state index contributed by atoms with van der Waals surface area (Å²) < 4.78 is 0. The van der Waals surface area contributed by atoms with Crippen molar-refractivity contribution >= 4 is 0 Å². The van der Waals surface area contributed by atoms with E-state index in [0.29, 0.717) is 0 Å². The Kier molecular flexibility index (Phi) is 1.77. The summed E-state index contributed by atoms with van der Waals surface area (Å²) in [4.78, 5) is 4.64. The molecular weight excluding hydrogens is 218 g/mol. The molecule has 1 aromatic rings. The van der Waals surface area contributed by atoms with E-state index in [2.05, 4.69) is 29.3 Å². The molecule has 5 rings (SSSR count). The Morgan fingerprint density at radius 2 is 1.83 bits per heavy atom. The molecule has 0 amide bonds. The molecule has 1 aromatic heterocycles. The molecule has 3 saturated carbocycles. The van der Waals surface area contributed by atoms with Crippen molar-refractivity contribution in [3.63, 3.8) is 0 Å². The van der Waals surface area contributed by atoms with Crippen molar-refractivity contribution in [1.29, 1.82) is 0 Å². The minimum Gasteiger partial charge on any atom is -0.261 e. The van der Waals surface area contributed by atoms with Crippen LogP contribution in [0.2, 0.25) is 0 Å². The second kappa shape index (κ2) is 3.26. The predicted molar refractivity (Wildman–Crippen MR) is 70.9 cm³/mol. The van der Waals surface area contributed by atoms with Gasteiger partial charge in [0.1, 0.15) is 0 Å². The lowest BCUT2D eigenvalue weighted by atomic mass is 9.68. The van der Waals surface area contributed by atoms with Crippen LogP contribution in [0.5, 0.6) is 0 Å². The number of rotatable bonds is 1. The van der Waals surface area contributed by atoms with Crippen molar-refractivity contribution in [2.75, 3.05) is 0 Å². The van der Waals surface area contributed by atoms with Gasteiger partial charge in [-0.3, -0.25) is 4.98 Å². The third-order valence-corrected chi connectivity index (χ3v) is 6.34. The first-order valence-corrected chi connectivity index (χ1v) is 7.51. The summed E-state index contributed by atoms with van der Waals surface area (Å²) in [7, 11) is 0. The number of pyridine rings is 1. The van der Waals surface area contributed by atoms with Gasteiger partial charge in [-0.05, 0) is 66.9 Å². The SMILES string of the molecule is C1=CC2CC1C1C3CC(c4ccccn4)C(C3)C21. The lowest BCUT2D eigenvalue weighted by Gasteiger charge is -2.36. The summed E-state index contributed by atoms with van der Waals surface area (Å²) in [5, 5.41) is 0. The van der Waals surface area contributed by atoms with Gasteiger partial charge in [0.2, 0.25) is 0 Å². The van der Waals surface area contributed by atoms with E-state index in [1.165, 1.54) is 25.0 Å². The van der Waals surface area contributed by atoms with Gasteiger partial charge in [0.05, 0.1) is 0 Å². The molecule has 3 fully saturated rings. The van der Waals surface area contributed by atoms with Gasteiger partial charge in [0.25, 0.3) is 0 Å². The van der Waals surface area contributed by atoms with Crippen molar-refractivity contribution in [3.05, 3.63) is 42.2 Å². The number of allylic oxidation sites excluding steroid dienone is 2. The number of nitrogens with zero attached hydrogens (tertiary/aromatic N) is 1. The molecule has 1 heterocycles. The highest BCUT2D eigenvalue weighted by Gasteiger charge is 2.61. The van der Waals surface area contributed by atoms with Crippen LogP contribution in [0.15, 0.2) is 36.5 Å². The van der Waals surface area contributed by atoms with Crippen molar-refractivity contribution in [1.82, 2.24) is 4.98 Å². The topological polar surface area (TPSA) is 12.9 Å². The molecule has 0 saturated heterocycles. The molecular formula is C17H19N. The van der Waals surface area contributed by atoms with Crippen LogP contribution in [-0.2, 0) is 0 Å². The third kappa shape index (κ3) is 1.07. The van der Waals surface area contributed by atoms with Crippen LogP contribution >= 0.6 is 0 Å². The number of aromatic nitrogens is 1. The molecule has 92 valence electrons. The van der Waals surface area contributed by atoms with E-state index in [1.807, 2.05) is 12.3 Å². The lowest BCUT2D eigenvalue weighted by Crippen LogP contribution is -2.30. The van der Waals surface area contributed by atoms with Crippen LogP contribution in [0, 0.1) is 35.5 Å². The average Bonchev–Trinajstić information content (AvgIpc) is 3.17. The van der Waals surface area contributed by atoms with Crippen molar-refractivity contribution in [2.45, 2.75) is 25.2 Å². The minimum atomic E-state index is 0.769. The Hall–Kier alpha value is -1.11. The fraction of sp³-hybridized carbons (Fsp3) is 0.588. The maximum absolute atomic E-state index is 4.64. The van der Waals surface area contributed by atoms with Gasteiger partial charge in [0, 0.05) is 17.8 Å². The zero-order valence-corrected chi connectivity index (χ0v) is 10.6. The lowest BCUT2D eigenvalue weighted by molar-refractivity contribution is 0.183. The van der Waals surface area contributed by atoms with E-state index in [4.69, 9.17) is 0 Å². The molecule has 0 radical (unpaired) electrons. The number of fused-ring (bicyclic) bond motifs is 9. The fourth-order valence-electron chi connectivity index (χ4n) is 5.95. The van der Waals surface area contributed by atoms with E-state index in [9.17, 15) is 0 Å². The van der Waals surface area contributed by atoms with Crippen molar-refractivity contribution in [3.8, 4) is 0 Å². The van der Waals surface area contributed by atoms with Crippen LogP contribution in [0.25, 0.3) is 0 Å². The van der Waals surface area contributed by atoms with Gasteiger partial charge < -0.3 is 0 Å². The highest BCUT2D eigenvalue weighted by Crippen LogP contribution is 2.68. The minimum absolute atomic E-state index is 0.769. The van der Waals surface area contributed by atoms with Crippen LogP contribution in [0.1, 0.15) is 30.9 Å². The fourth-order valence-corrected chi connectivity index (χ4v) is 5.95. The van der Waals surface area contributed by atoms with Gasteiger partial charge in [-0.2, -0.15) is 0 Å². The Bertz CT molecular complexity index is 506. The number of hydrogen-bond donors (Lipinski definition) is 0. The Morgan fingerprint density at radius 3 is 2.67 bits per heavy atom. The molecule has 0 spiro atoms. The summed E-state index contributed by atoms with van der Waals surface area (Å²) in [5.41, 5.74) is 1.37. The Balaban J connectivity index is 1.52. The molecule has 0 aliphatic heterocycles. The summed E-state index contributed by atoms with van der Waals surface area (Å²) in [6.45, 7) is 0. The van der Waals surface area contributed by atoms with Crippen LogP contribution in [0.4, 0.5) is 0 Å². The summed E-state index contributed by atoms with van der Waals surface area (Å²) in [6, 6.07) is 6.45. The maximum atomic E-state index is 4.64. The van der Waals surface area contributed by atoms with Gasteiger partial charge in [-0.25, -0.2) is 0 Å². The molecule has 4 aliphatic carbocycles. The summed E-state index contributed by atoms with van der Waals surface area (Å²) >= 11 is 0. The Morgan fingerprint density at radius 1 is 0.944 bits per heavy atom. The second-order valence-corrected chi connectivity index (χ2v) is 6.86. The van der Waals surface area contributed by atoms with Crippen LogP contribution in [0.3, 0.4) is 0 Å². The van der Waals surface area contributed by atoms with Crippen LogP contribution in [-0.4, -0.2) is 4.98 Å². The molecule has 0 aromatic carbocycles. The van der Waals surface area contributed by atoms with E-state index in [1.54, 1.807) is 0 Å². The molecule has 1 nitrogen and oxygen atoms in total. The molecule has 7 atom stereocenters. The Labute approximate surface area is 108 Å². The second-order valence-electron chi connectivity index (χ2n) is 6.86. The van der Waals surface area contributed by atoms with Crippen molar-refractivity contribution in [2.24, 2.45) is 35.5 Å². The maximum Gasteiger partial charge on any atom is 0.0437 e. The molecule has 1 heteroatoms. The molecule has 18 heavy (non-hydrogen) atoms. The van der Waals surface area contributed by atoms with E-state index in [0.717, 1.165) is 41.4 Å². The molecule has 4 bridgehead atoms. The summed E-state index contributed by atoms with van der Waals surface area (Å²) in [5.74, 6) is 6.63. The van der Waals surface area contributed by atoms with E-state index >= 15 is 0 Å². The highest BCUT2D eigenvalue weighted by atomic mass is 14.7. The zero-order valence-electron chi connectivity index (χ0n) is 10.6. The molecule has 4 aliphatic rings. The van der Waals surface area contributed by atoms with Crippen LogP contribution < -0.4 is 0 Å². The molecule has 0 N–H and O–H groups in total. The quantitative estimate of drug-likeness (QED) is 0.537. The monoisotopic (exact) mass is 237 g/mol. The van der Waals surface area contributed by atoms with Crippen molar-refractivity contribution < 1.29 is 0 Å². The zero-order chi connectivity index (χ0) is 11.7. The largest absolute Gasteiger partial charge is 0.261 e. The molecule has 7 unspecified atom stereocenters. The highest BCUT2D eigenvalue weighted by molar-refractivity contribution is 5.25. The third-order valence-electron chi connectivity index (χ3n) is 6.34. The first kappa shape index (κ1) is 9.77. The number of hydrogen-bond acceptors (Lipinski definition) is 1. The average molecular weight is 237 g/mol. The summed E-state index contributed by atoms with van der Waals surface area (Å²) in [6.07, 6.45) is 11.4. The van der Waals surface area contributed by atoms with Gasteiger partial charge in [0.15, 0.2) is 0 Å². The van der Waals surface area contributed by atoms with Gasteiger partial charge in [-0.1, -0.05) is 18.2 Å².